The van der Waals surface area contributed by atoms with E-state index in [4.69, 9.17) is 4.74 Å². The van der Waals surface area contributed by atoms with E-state index >= 15 is 0 Å². The molecule has 1 N–H and O–H groups in total. The Morgan fingerprint density at radius 2 is 2.11 bits per heavy atom. The van der Waals surface area contributed by atoms with Crippen molar-refractivity contribution in [2.45, 2.75) is 65.0 Å². The topological polar surface area (TPSA) is 21.3 Å². The second kappa shape index (κ2) is 6.42. The monoisotopic (exact) mass is 261 g/mol. The Balaban J connectivity index is 2.38. The highest BCUT2D eigenvalue weighted by molar-refractivity contribution is 5.45. The molecular weight excluding hydrogens is 234 g/mol. The van der Waals surface area contributed by atoms with Crippen LogP contribution >= 0.6 is 0 Å². The first kappa shape index (κ1) is 14.4. The van der Waals surface area contributed by atoms with Crippen LogP contribution in [-0.4, -0.2) is 12.6 Å². The fourth-order valence-electron chi connectivity index (χ4n) is 2.82. The van der Waals surface area contributed by atoms with E-state index in [0.29, 0.717) is 18.0 Å². The summed E-state index contributed by atoms with van der Waals surface area (Å²) in [6.07, 6.45) is 3.44. The highest BCUT2D eigenvalue weighted by Gasteiger charge is 2.23. The third-order valence-electron chi connectivity index (χ3n) is 4.01. The zero-order valence-corrected chi connectivity index (χ0v) is 12.7. The number of rotatable bonds is 4. The maximum Gasteiger partial charge on any atom is 0.127 e. The summed E-state index contributed by atoms with van der Waals surface area (Å²) in [6.45, 7) is 9.80. The highest BCUT2D eigenvalue weighted by Crippen LogP contribution is 2.38. The first-order valence-corrected chi connectivity index (χ1v) is 7.65. The van der Waals surface area contributed by atoms with Gasteiger partial charge in [0.25, 0.3) is 0 Å². The average molecular weight is 261 g/mol. The molecule has 2 rings (SSSR count). The Morgan fingerprint density at radius 3 is 2.79 bits per heavy atom. The van der Waals surface area contributed by atoms with Gasteiger partial charge in [0.1, 0.15) is 5.75 Å². The van der Waals surface area contributed by atoms with Crippen molar-refractivity contribution in [3.63, 3.8) is 0 Å². The minimum atomic E-state index is 0.432. The number of benzene rings is 1. The molecule has 2 nitrogen and oxygen atoms in total. The largest absolute Gasteiger partial charge is 0.493 e. The maximum absolute atomic E-state index is 6.07. The fraction of sp³-hybridized carbons (Fsp3) is 0.647. The molecule has 2 unspecified atom stereocenters. The van der Waals surface area contributed by atoms with Gasteiger partial charge in [-0.2, -0.15) is 0 Å². The molecule has 0 spiro atoms. The zero-order valence-electron chi connectivity index (χ0n) is 12.7. The average Bonchev–Trinajstić information content (AvgIpc) is 2.60. The van der Waals surface area contributed by atoms with Crippen molar-refractivity contribution in [3.05, 3.63) is 29.3 Å². The van der Waals surface area contributed by atoms with Gasteiger partial charge in [-0.05, 0) is 30.7 Å². The van der Waals surface area contributed by atoms with Gasteiger partial charge in [0.2, 0.25) is 0 Å². The predicted octanol–water partition coefficient (Wildman–Crippen LogP) is 4.41. The van der Waals surface area contributed by atoms with Crippen molar-refractivity contribution in [1.82, 2.24) is 5.32 Å². The SMILES string of the molecule is CCC(C)c1cccc2c1OCCCC2NC(C)C. The third-order valence-corrected chi connectivity index (χ3v) is 4.01. The van der Waals surface area contributed by atoms with Crippen molar-refractivity contribution in [2.24, 2.45) is 0 Å². The van der Waals surface area contributed by atoms with Crippen LogP contribution in [0.3, 0.4) is 0 Å². The van der Waals surface area contributed by atoms with Crippen molar-refractivity contribution in [1.29, 1.82) is 0 Å². The summed E-state index contributed by atoms with van der Waals surface area (Å²) in [6, 6.07) is 7.58. The van der Waals surface area contributed by atoms with Crippen molar-refractivity contribution >= 4 is 0 Å². The van der Waals surface area contributed by atoms with Gasteiger partial charge in [0.05, 0.1) is 6.61 Å². The predicted molar refractivity (Wildman–Crippen MR) is 80.9 cm³/mol. The van der Waals surface area contributed by atoms with Gasteiger partial charge in [-0.15, -0.1) is 0 Å². The molecule has 0 amide bonds. The summed E-state index contributed by atoms with van der Waals surface area (Å²) in [5.41, 5.74) is 2.72. The lowest BCUT2D eigenvalue weighted by molar-refractivity contribution is 0.310. The molecular formula is C17H27NO. The quantitative estimate of drug-likeness (QED) is 0.866. The van der Waals surface area contributed by atoms with Crippen LogP contribution in [0, 0.1) is 0 Å². The van der Waals surface area contributed by atoms with Crippen LogP contribution in [0.2, 0.25) is 0 Å². The Bertz CT molecular complexity index is 414. The van der Waals surface area contributed by atoms with Crippen molar-refractivity contribution < 1.29 is 4.74 Å². The molecule has 1 aromatic rings. The smallest absolute Gasteiger partial charge is 0.127 e. The third kappa shape index (κ3) is 3.30. The lowest BCUT2D eigenvalue weighted by atomic mass is 9.92. The molecule has 1 aliphatic rings. The molecule has 2 heteroatoms. The number of hydrogen-bond acceptors (Lipinski definition) is 2. The molecule has 1 aliphatic heterocycles. The van der Waals surface area contributed by atoms with Gasteiger partial charge in [-0.25, -0.2) is 0 Å². The normalized spacial score (nSPS) is 20.6. The molecule has 0 aliphatic carbocycles. The van der Waals surface area contributed by atoms with Gasteiger partial charge in [-0.1, -0.05) is 45.9 Å². The lowest BCUT2D eigenvalue weighted by Gasteiger charge is -2.23. The molecule has 1 heterocycles. The number of ether oxygens (including phenoxy) is 1. The van der Waals surface area contributed by atoms with Crippen LogP contribution in [0.5, 0.6) is 5.75 Å². The minimum Gasteiger partial charge on any atom is -0.493 e. The molecule has 106 valence electrons. The van der Waals surface area contributed by atoms with Gasteiger partial charge in [0.15, 0.2) is 0 Å². The fourth-order valence-corrected chi connectivity index (χ4v) is 2.82. The summed E-state index contributed by atoms with van der Waals surface area (Å²) >= 11 is 0. The van der Waals surface area contributed by atoms with E-state index in [-0.39, 0.29) is 0 Å². The number of hydrogen-bond donors (Lipinski definition) is 1. The van der Waals surface area contributed by atoms with E-state index in [1.807, 2.05) is 0 Å². The molecule has 1 aromatic carbocycles. The molecule has 0 saturated carbocycles. The van der Waals surface area contributed by atoms with Crippen molar-refractivity contribution in [3.8, 4) is 5.75 Å². The van der Waals surface area contributed by atoms with Crippen LogP contribution < -0.4 is 10.1 Å². The molecule has 0 fully saturated rings. The summed E-state index contributed by atoms with van der Waals surface area (Å²) < 4.78 is 6.07. The first-order valence-electron chi connectivity index (χ1n) is 7.65. The van der Waals surface area contributed by atoms with E-state index in [0.717, 1.165) is 31.6 Å². The standard InChI is InChI=1S/C17H27NO/c1-5-13(4)14-8-6-9-15-16(18-12(2)3)10-7-11-19-17(14)15/h6,8-9,12-13,16,18H,5,7,10-11H2,1-4H3. The van der Waals surface area contributed by atoms with Crippen LogP contribution in [0.25, 0.3) is 0 Å². The maximum atomic E-state index is 6.07. The van der Waals surface area contributed by atoms with Crippen LogP contribution in [0.1, 0.15) is 70.0 Å². The van der Waals surface area contributed by atoms with Gasteiger partial charge >= 0.3 is 0 Å². The van der Waals surface area contributed by atoms with E-state index in [9.17, 15) is 0 Å². The number of nitrogens with one attached hydrogen (secondary N) is 1. The van der Waals surface area contributed by atoms with Crippen LogP contribution in [0.4, 0.5) is 0 Å². The van der Waals surface area contributed by atoms with E-state index < -0.39 is 0 Å². The summed E-state index contributed by atoms with van der Waals surface area (Å²) in [5, 5.41) is 3.68. The van der Waals surface area contributed by atoms with Gasteiger partial charge in [0, 0.05) is 17.6 Å². The van der Waals surface area contributed by atoms with Gasteiger partial charge < -0.3 is 10.1 Å². The summed E-state index contributed by atoms with van der Waals surface area (Å²) in [5.74, 6) is 1.71. The highest BCUT2D eigenvalue weighted by atomic mass is 16.5. The Labute approximate surface area is 117 Å². The number of para-hydroxylation sites is 1. The Hall–Kier alpha value is -1.02. The van der Waals surface area contributed by atoms with E-state index in [1.54, 1.807) is 0 Å². The summed E-state index contributed by atoms with van der Waals surface area (Å²) in [7, 11) is 0. The van der Waals surface area contributed by atoms with Crippen molar-refractivity contribution in [2.75, 3.05) is 6.61 Å². The second-order valence-electron chi connectivity index (χ2n) is 5.94. The molecule has 2 atom stereocenters. The molecule has 0 saturated heterocycles. The van der Waals surface area contributed by atoms with Crippen LogP contribution in [-0.2, 0) is 0 Å². The molecule has 0 radical (unpaired) electrons. The molecule has 0 bridgehead atoms. The number of fused-ring (bicyclic) bond motifs is 1. The minimum absolute atomic E-state index is 0.432. The zero-order chi connectivity index (χ0) is 13.8. The van der Waals surface area contributed by atoms with Crippen LogP contribution in [0.15, 0.2) is 18.2 Å². The van der Waals surface area contributed by atoms with E-state index in [2.05, 4.69) is 51.2 Å². The first-order chi connectivity index (χ1) is 9.13. The molecule has 0 aromatic heterocycles. The van der Waals surface area contributed by atoms with Gasteiger partial charge in [-0.3, -0.25) is 0 Å². The Morgan fingerprint density at radius 1 is 1.32 bits per heavy atom. The van der Waals surface area contributed by atoms with E-state index in [1.165, 1.54) is 11.1 Å². The second-order valence-corrected chi connectivity index (χ2v) is 5.94. The summed E-state index contributed by atoms with van der Waals surface area (Å²) in [4.78, 5) is 0. The Kier molecular flexibility index (Phi) is 4.87. The lowest BCUT2D eigenvalue weighted by Crippen LogP contribution is -2.28. The molecule has 19 heavy (non-hydrogen) atoms.